The van der Waals surface area contributed by atoms with Crippen LogP contribution in [0.15, 0.2) is 48.5 Å². The molecule has 0 saturated heterocycles. The van der Waals surface area contributed by atoms with Gasteiger partial charge in [0.05, 0.1) is 24.6 Å². The third-order valence-electron chi connectivity index (χ3n) is 4.39. The molecule has 1 amide bonds. The van der Waals surface area contributed by atoms with E-state index in [1.54, 1.807) is 24.3 Å². The van der Waals surface area contributed by atoms with Gasteiger partial charge in [-0.15, -0.1) is 0 Å². The number of amides is 1. The minimum Gasteiger partial charge on any atom is -0.492 e. The van der Waals surface area contributed by atoms with E-state index in [2.05, 4.69) is 12.2 Å². The van der Waals surface area contributed by atoms with Crippen LogP contribution in [0.5, 0.6) is 5.75 Å². The van der Waals surface area contributed by atoms with Crippen LogP contribution in [0.1, 0.15) is 37.9 Å². The van der Waals surface area contributed by atoms with Gasteiger partial charge in [0, 0.05) is 0 Å². The maximum atomic E-state index is 12.6. The molecule has 1 atom stereocenters. The fourth-order valence-electron chi connectivity index (χ4n) is 2.86. The molecule has 2 aromatic carbocycles. The van der Waals surface area contributed by atoms with Gasteiger partial charge >= 0.3 is 0 Å². The minimum atomic E-state index is -3.67. The Kier molecular flexibility index (Phi) is 7.45. The van der Waals surface area contributed by atoms with Crippen molar-refractivity contribution in [2.75, 3.05) is 23.7 Å². The van der Waals surface area contributed by atoms with E-state index in [1.807, 2.05) is 38.1 Å². The smallest absolute Gasteiger partial charge is 0.241 e. The molecule has 0 radical (unpaired) electrons. The van der Waals surface area contributed by atoms with Gasteiger partial charge in [0.15, 0.2) is 0 Å². The summed E-state index contributed by atoms with van der Waals surface area (Å²) in [7, 11) is -3.67. The SMILES string of the molecule is CCOc1ccccc1N(CC(=O)N[C@H](C)c1ccc(CC)cc1)S(C)(=O)=O. The number of sulfonamides is 1. The molecule has 0 heterocycles. The Bertz CT molecular complexity index is 895. The summed E-state index contributed by atoms with van der Waals surface area (Å²) in [4.78, 5) is 12.6. The van der Waals surface area contributed by atoms with Crippen LogP contribution in [0.4, 0.5) is 5.69 Å². The Morgan fingerprint density at radius 1 is 1.11 bits per heavy atom. The van der Waals surface area contributed by atoms with Crippen LogP contribution in [0.2, 0.25) is 0 Å². The second kappa shape index (κ2) is 9.59. The molecule has 1 N–H and O–H groups in total. The van der Waals surface area contributed by atoms with E-state index in [0.717, 1.165) is 22.5 Å². The molecule has 2 aromatic rings. The van der Waals surface area contributed by atoms with Crippen LogP contribution in [0.25, 0.3) is 0 Å². The zero-order valence-corrected chi connectivity index (χ0v) is 17.6. The van der Waals surface area contributed by atoms with Gasteiger partial charge in [-0.3, -0.25) is 9.10 Å². The number of benzene rings is 2. The lowest BCUT2D eigenvalue weighted by Crippen LogP contribution is -2.41. The minimum absolute atomic E-state index is 0.234. The van der Waals surface area contributed by atoms with Crippen molar-refractivity contribution in [1.29, 1.82) is 0 Å². The van der Waals surface area contributed by atoms with E-state index >= 15 is 0 Å². The second-order valence-corrected chi connectivity index (χ2v) is 8.46. The molecule has 0 spiro atoms. The van der Waals surface area contributed by atoms with Crippen molar-refractivity contribution in [2.24, 2.45) is 0 Å². The molecule has 0 aromatic heterocycles. The van der Waals surface area contributed by atoms with Gasteiger partial charge in [-0.05, 0) is 43.5 Å². The Morgan fingerprint density at radius 3 is 2.32 bits per heavy atom. The monoisotopic (exact) mass is 404 g/mol. The molecular formula is C21H28N2O4S. The summed E-state index contributed by atoms with van der Waals surface area (Å²) in [5.74, 6) is 0.0372. The normalized spacial score (nSPS) is 12.3. The van der Waals surface area contributed by atoms with Crippen LogP contribution in [0, 0.1) is 0 Å². The van der Waals surface area contributed by atoms with Crippen molar-refractivity contribution >= 4 is 21.6 Å². The van der Waals surface area contributed by atoms with Crippen molar-refractivity contribution in [3.05, 3.63) is 59.7 Å². The van der Waals surface area contributed by atoms with E-state index in [1.165, 1.54) is 5.56 Å². The topological polar surface area (TPSA) is 75.7 Å². The highest BCUT2D eigenvalue weighted by Crippen LogP contribution is 2.29. The summed E-state index contributed by atoms with van der Waals surface area (Å²) < 4.78 is 31.3. The number of aryl methyl sites for hydroxylation is 1. The van der Waals surface area contributed by atoms with Gasteiger partial charge in [0.25, 0.3) is 0 Å². The zero-order valence-electron chi connectivity index (χ0n) is 16.8. The molecular weight excluding hydrogens is 376 g/mol. The molecule has 0 aliphatic rings. The van der Waals surface area contributed by atoms with Crippen molar-refractivity contribution in [3.8, 4) is 5.75 Å². The molecule has 0 bridgehead atoms. The van der Waals surface area contributed by atoms with Crippen LogP contribution >= 0.6 is 0 Å². The number of hydrogen-bond acceptors (Lipinski definition) is 4. The zero-order chi connectivity index (χ0) is 20.7. The lowest BCUT2D eigenvalue weighted by molar-refractivity contribution is -0.120. The third-order valence-corrected chi connectivity index (χ3v) is 5.51. The number of nitrogens with one attached hydrogen (secondary N) is 1. The highest BCUT2D eigenvalue weighted by atomic mass is 32.2. The van der Waals surface area contributed by atoms with Crippen LogP contribution in [-0.2, 0) is 21.2 Å². The quantitative estimate of drug-likeness (QED) is 0.696. The number of carbonyl (C=O) groups is 1. The number of anilines is 1. The molecule has 7 heteroatoms. The molecule has 0 aliphatic carbocycles. The molecule has 2 rings (SSSR count). The lowest BCUT2D eigenvalue weighted by atomic mass is 10.1. The summed E-state index contributed by atoms with van der Waals surface area (Å²) in [5.41, 5.74) is 2.53. The van der Waals surface area contributed by atoms with Crippen molar-refractivity contribution in [3.63, 3.8) is 0 Å². The average molecular weight is 405 g/mol. The van der Waals surface area contributed by atoms with Gasteiger partial charge in [0.2, 0.25) is 15.9 Å². The largest absolute Gasteiger partial charge is 0.492 e. The summed E-state index contributed by atoms with van der Waals surface area (Å²) >= 11 is 0. The maximum Gasteiger partial charge on any atom is 0.241 e. The predicted molar refractivity (Wildman–Crippen MR) is 112 cm³/mol. The van der Waals surface area contributed by atoms with Crippen LogP contribution in [0.3, 0.4) is 0 Å². The van der Waals surface area contributed by atoms with Gasteiger partial charge in [0.1, 0.15) is 12.3 Å². The van der Waals surface area contributed by atoms with E-state index in [9.17, 15) is 13.2 Å². The summed E-state index contributed by atoms with van der Waals surface area (Å²) in [6.07, 6.45) is 2.03. The highest BCUT2D eigenvalue weighted by molar-refractivity contribution is 7.92. The number of carbonyl (C=O) groups excluding carboxylic acids is 1. The first-order chi connectivity index (χ1) is 13.3. The van der Waals surface area contributed by atoms with E-state index < -0.39 is 10.0 Å². The van der Waals surface area contributed by atoms with Crippen LogP contribution in [-0.4, -0.2) is 33.7 Å². The number of para-hydroxylation sites is 2. The summed E-state index contributed by atoms with van der Waals surface area (Å²) in [6.45, 7) is 5.85. The van der Waals surface area contributed by atoms with E-state index in [-0.39, 0.29) is 18.5 Å². The molecule has 6 nitrogen and oxygen atoms in total. The number of hydrogen-bond donors (Lipinski definition) is 1. The van der Waals surface area contributed by atoms with Gasteiger partial charge in [-0.1, -0.05) is 43.3 Å². The van der Waals surface area contributed by atoms with Crippen LogP contribution < -0.4 is 14.4 Å². The third kappa shape index (κ3) is 5.73. The highest BCUT2D eigenvalue weighted by Gasteiger charge is 2.24. The van der Waals surface area contributed by atoms with E-state index in [0.29, 0.717) is 18.0 Å². The molecule has 152 valence electrons. The first kappa shape index (κ1) is 21.8. The lowest BCUT2D eigenvalue weighted by Gasteiger charge is -2.25. The van der Waals surface area contributed by atoms with Gasteiger partial charge in [-0.2, -0.15) is 0 Å². The fraction of sp³-hybridized carbons (Fsp3) is 0.381. The van der Waals surface area contributed by atoms with E-state index in [4.69, 9.17) is 4.74 Å². The summed E-state index contributed by atoms with van der Waals surface area (Å²) in [6, 6.07) is 14.6. The summed E-state index contributed by atoms with van der Waals surface area (Å²) in [5, 5.41) is 2.87. The van der Waals surface area contributed by atoms with Crippen molar-refractivity contribution < 1.29 is 17.9 Å². The number of nitrogens with zero attached hydrogens (tertiary/aromatic N) is 1. The Labute approximate surface area is 167 Å². The Balaban J connectivity index is 2.17. The molecule has 0 unspecified atom stereocenters. The van der Waals surface area contributed by atoms with Crippen molar-refractivity contribution in [2.45, 2.75) is 33.2 Å². The predicted octanol–water partition coefficient (Wildman–Crippen LogP) is 3.29. The maximum absolute atomic E-state index is 12.6. The second-order valence-electron chi connectivity index (χ2n) is 6.55. The molecule has 0 fully saturated rings. The standard InChI is InChI=1S/C21H28N2O4S/c1-5-17-11-13-18(14-12-17)16(3)22-21(24)15-23(28(4,25)26)19-9-7-8-10-20(19)27-6-2/h7-14,16H,5-6,15H2,1-4H3,(H,22,24)/t16-/m1/s1. The number of ether oxygens (including phenoxy) is 1. The van der Waals surface area contributed by atoms with Gasteiger partial charge in [-0.25, -0.2) is 8.42 Å². The molecule has 0 saturated carbocycles. The average Bonchev–Trinajstić information content (AvgIpc) is 2.66. The molecule has 28 heavy (non-hydrogen) atoms. The Hall–Kier alpha value is -2.54. The van der Waals surface area contributed by atoms with Crippen molar-refractivity contribution in [1.82, 2.24) is 5.32 Å². The fourth-order valence-corrected chi connectivity index (χ4v) is 3.72. The Morgan fingerprint density at radius 2 is 1.75 bits per heavy atom. The first-order valence-electron chi connectivity index (χ1n) is 9.34. The number of rotatable bonds is 9. The molecule has 0 aliphatic heterocycles. The first-order valence-corrected chi connectivity index (χ1v) is 11.2. The van der Waals surface area contributed by atoms with Gasteiger partial charge < -0.3 is 10.1 Å².